The molecule has 0 spiro atoms. The summed E-state index contributed by atoms with van der Waals surface area (Å²) in [6.07, 6.45) is 3.12. The van der Waals surface area contributed by atoms with E-state index >= 15 is 0 Å². The Morgan fingerprint density at radius 1 is 1.20 bits per heavy atom. The molecule has 0 aliphatic heterocycles. The van der Waals surface area contributed by atoms with Crippen molar-refractivity contribution in [3.05, 3.63) is 79.9 Å². The number of aryl methyl sites for hydroxylation is 2. The van der Waals surface area contributed by atoms with Gasteiger partial charge in [-0.15, -0.1) is 11.3 Å². The fourth-order valence-electron chi connectivity index (χ4n) is 3.85. The first kappa shape index (κ1) is 19.7. The van der Waals surface area contributed by atoms with Gasteiger partial charge in [0.1, 0.15) is 10.6 Å². The van der Waals surface area contributed by atoms with Crippen LogP contribution in [-0.4, -0.2) is 16.7 Å². The fraction of sp³-hybridized carbons (Fsp3) is 0.217. The Morgan fingerprint density at radius 3 is 2.83 bits per heavy atom. The minimum absolute atomic E-state index is 0.00913. The molecule has 2 aromatic heterocycles. The van der Waals surface area contributed by atoms with Crippen LogP contribution in [0.3, 0.4) is 0 Å². The van der Waals surface area contributed by atoms with Crippen LogP contribution in [0.2, 0.25) is 5.02 Å². The molecule has 0 bridgehead atoms. The van der Waals surface area contributed by atoms with Crippen LogP contribution in [0.5, 0.6) is 5.75 Å². The van der Waals surface area contributed by atoms with Gasteiger partial charge in [-0.1, -0.05) is 35.5 Å². The van der Waals surface area contributed by atoms with Crippen LogP contribution in [0.1, 0.15) is 22.4 Å². The van der Waals surface area contributed by atoms with E-state index in [0.717, 1.165) is 46.5 Å². The minimum Gasteiger partial charge on any atom is -0.497 e. The maximum absolute atomic E-state index is 13.6. The number of fused-ring (bicyclic) bond motifs is 3. The van der Waals surface area contributed by atoms with Crippen molar-refractivity contribution in [1.29, 1.82) is 0 Å². The molecule has 2 heterocycles. The van der Waals surface area contributed by atoms with Crippen molar-refractivity contribution in [2.45, 2.75) is 30.2 Å². The van der Waals surface area contributed by atoms with Crippen LogP contribution in [0.15, 0.2) is 58.5 Å². The molecule has 7 heteroatoms. The SMILES string of the molecule is COc1cccc(CSc2nc3sc4c(c3c(=O)n2-c2ccc(Cl)cc2)CCC4)c1. The minimum atomic E-state index is 0.00913. The third-order valence-corrected chi connectivity index (χ3v) is 7.74. The predicted molar refractivity (Wildman–Crippen MR) is 125 cm³/mol. The third-order valence-electron chi connectivity index (χ3n) is 5.30. The van der Waals surface area contributed by atoms with E-state index in [4.69, 9.17) is 21.3 Å². The number of ether oxygens (including phenoxy) is 1. The van der Waals surface area contributed by atoms with E-state index in [1.165, 1.54) is 10.4 Å². The molecule has 4 aromatic rings. The summed E-state index contributed by atoms with van der Waals surface area (Å²) in [5.41, 5.74) is 3.10. The van der Waals surface area contributed by atoms with Crippen molar-refractivity contribution in [2.24, 2.45) is 0 Å². The normalized spacial score (nSPS) is 13.0. The van der Waals surface area contributed by atoms with Gasteiger partial charge in [-0.05, 0) is 66.8 Å². The number of benzene rings is 2. The van der Waals surface area contributed by atoms with Crippen molar-refractivity contribution < 1.29 is 4.74 Å². The second kappa shape index (κ2) is 8.10. The van der Waals surface area contributed by atoms with Gasteiger partial charge in [0, 0.05) is 15.7 Å². The summed E-state index contributed by atoms with van der Waals surface area (Å²) in [5, 5.41) is 2.12. The highest BCUT2D eigenvalue weighted by molar-refractivity contribution is 7.98. The standard InChI is InChI=1S/C23H19ClN2O2S2/c1-28-17-5-2-4-14(12-17)13-29-23-25-21-20(18-6-3-7-19(18)30-21)22(27)26(23)16-10-8-15(24)9-11-16/h2,4-5,8-12H,3,6-7,13H2,1H3. The molecular weight excluding hydrogens is 436 g/mol. The summed E-state index contributed by atoms with van der Waals surface area (Å²) in [4.78, 5) is 20.7. The zero-order chi connectivity index (χ0) is 20.7. The van der Waals surface area contributed by atoms with Crippen molar-refractivity contribution in [3.8, 4) is 11.4 Å². The van der Waals surface area contributed by atoms with Gasteiger partial charge < -0.3 is 4.74 Å². The van der Waals surface area contributed by atoms with Gasteiger partial charge in [-0.3, -0.25) is 9.36 Å². The van der Waals surface area contributed by atoms with E-state index in [2.05, 4.69) is 6.07 Å². The van der Waals surface area contributed by atoms with E-state index in [9.17, 15) is 4.79 Å². The Morgan fingerprint density at radius 2 is 2.03 bits per heavy atom. The summed E-state index contributed by atoms with van der Waals surface area (Å²) >= 11 is 9.31. The van der Waals surface area contributed by atoms with Crippen LogP contribution in [-0.2, 0) is 18.6 Å². The number of hydrogen-bond donors (Lipinski definition) is 0. The zero-order valence-corrected chi connectivity index (χ0v) is 18.7. The lowest BCUT2D eigenvalue weighted by atomic mass is 10.2. The number of halogens is 1. The molecule has 30 heavy (non-hydrogen) atoms. The van der Waals surface area contributed by atoms with Crippen molar-refractivity contribution in [2.75, 3.05) is 7.11 Å². The molecule has 0 atom stereocenters. The third kappa shape index (κ3) is 3.53. The Balaban J connectivity index is 1.63. The molecule has 0 fully saturated rings. The van der Waals surface area contributed by atoms with Crippen LogP contribution >= 0.6 is 34.7 Å². The summed E-state index contributed by atoms with van der Waals surface area (Å²) in [6, 6.07) is 15.3. The Hall–Kier alpha value is -2.28. The van der Waals surface area contributed by atoms with Gasteiger partial charge >= 0.3 is 0 Å². The molecule has 2 aromatic carbocycles. The molecule has 1 aliphatic rings. The van der Waals surface area contributed by atoms with Crippen LogP contribution < -0.4 is 10.3 Å². The second-order valence-corrected chi connectivity index (χ2v) is 9.65. The smallest absolute Gasteiger partial charge is 0.267 e. The number of thioether (sulfide) groups is 1. The Kier molecular flexibility index (Phi) is 5.31. The molecule has 0 saturated heterocycles. The van der Waals surface area contributed by atoms with Crippen LogP contribution in [0.4, 0.5) is 0 Å². The first-order chi connectivity index (χ1) is 14.6. The topological polar surface area (TPSA) is 44.1 Å². The molecule has 0 amide bonds. The second-order valence-electron chi connectivity index (χ2n) is 7.19. The van der Waals surface area contributed by atoms with E-state index < -0.39 is 0 Å². The molecule has 0 N–H and O–H groups in total. The van der Waals surface area contributed by atoms with Gasteiger partial charge in [0.05, 0.1) is 18.2 Å². The van der Waals surface area contributed by atoms with E-state index in [-0.39, 0.29) is 5.56 Å². The van der Waals surface area contributed by atoms with Gasteiger partial charge in [0.15, 0.2) is 5.16 Å². The maximum atomic E-state index is 13.6. The summed E-state index contributed by atoms with van der Waals surface area (Å²) in [5.74, 6) is 1.51. The van der Waals surface area contributed by atoms with Crippen molar-refractivity contribution >= 4 is 44.9 Å². The Bertz CT molecular complexity index is 1300. The van der Waals surface area contributed by atoms with E-state index in [1.807, 2.05) is 42.5 Å². The number of aromatic nitrogens is 2. The maximum Gasteiger partial charge on any atom is 0.267 e. The van der Waals surface area contributed by atoms with E-state index in [0.29, 0.717) is 15.9 Å². The van der Waals surface area contributed by atoms with Crippen LogP contribution in [0.25, 0.3) is 15.9 Å². The molecule has 5 rings (SSSR count). The molecule has 4 nitrogen and oxygen atoms in total. The summed E-state index contributed by atoms with van der Waals surface area (Å²) in [6.45, 7) is 0. The number of hydrogen-bond acceptors (Lipinski definition) is 5. The van der Waals surface area contributed by atoms with Gasteiger partial charge in [-0.2, -0.15) is 0 Å². The largest absolute Gasteiger partial charge is 0.497 e. The Labute approximate surface area is 187 Å². The predicted octanol–water partition coefficient (Wildman–Crippen LogP) is 5.89. The molecule has 0 saturated carbocycles. The average molecular weight is 455 g/mol. The van der Waals surface area contributed by atoms with Gasteiger partial charge in [-0.25, -0.2) is 4.98 Å². The molecular formula is C23H19ClN2O2S2. The average Bonchev–Trinajstić information content (AvgIpc) is 3.34. The number of methoxy groups -OCH3 is 1. The number of nitrogens with zero attached hydrogens (tertiary/aromatic N) is 2. The highest BCUT2D eigenvalue weighted by Crippen LogP contribution is 2.36. The van der Waals surface area contributed by atoms with Crippen LogP contribution in [0, 0.1) is 0 Å². The quantitative estimate of drug-likeness (QED) is 0.278. The molecule has 152 valence electrons. The number of rotatable bonds is 5. The number of thiophene rings is 1. The monoisotopic (exact) mass is 454 g/mol. The lowest BCUT2D eigenvalue weighted by molar-refractivity contribution is 0.414. The summed E-state index contributed by atoms with van der Waals surface area (Å²) in [7, 11) is 1.66. The molecule has 0 radical (unpaired) electrons. The van der Waals surface area contributed by atoms with Crippen molar-refractivity contribution in [1.82, 2.24) is 9.55 Å². The van der Waals surface area contributed by atoms with Gasteiger partial charge in [0.25, 0.3) is 5.56 Å². The lowest BCUT2D eigenvalue weighted by Crippen LogP contribution is -2.21. The first-order valence-electron chi connectivity index (χ1n) is 9.73. The molecule has 0 unspecified atom stereocenters. The zero-order valence-electron chi connectivity index (χ0n) is 16.4. The van der Waals surface area contributed by atoms with E-state index in [1.54, 1.807) is 34.8 Å². The summed E-state index contributed by atoms with van der Waals surface area (Å²) < 4.78 is 7.06. The first-order valence-corrected chi connectivity index (χ1v) is 11.9. The highest BCUT2D eigenvalue weighted by atomic mass is 35.5. The highest BCUT2D eigenvalue weighted by Gasteiger charge is 2.24. The fourth-order valence-corrected chi connectivity index (χ4v) is 6.23. The lowest BCUT2D eigenvalue weighted by Gasteiger charge is -2.13. The van der Waals surface area contributed by atoms with Crippen molar-refractivity contribution in [3.63, 3.8) is 0 Å². The van der Waals surface area contributed by atoms with Gasteiger partial charge in [0.2, 0.25) is 0 Å². The molecule has 1 aliphatic carbocycles.